The van der Waals surface area contributed by atoms with E-state index < -0.39 is 0 Å². The zero-order chi connectivity index (χ0) is 22.3. The maximum absolute atomic E-state index is 12.8. The predicted molar refractivity (Wildman–Crippen MR) is 125 cm³/mol. The van der Waals surface area contributed by atoms with Crippen LogP contribution < -0.4 is 15.4 Å². The number of para-hydroxylation sites is 3. The Morgan fingerprint density at radius 3 is 2.53 bits per heavy atom. The lowest BCUT2D eigenvalue weighted by Gasteiger charge is -2.11. The number of carbonyl (C=O) groups excluding carboxylic acids is 2. The van der Waals surface area contributed by atoms with Gasteiger partial charge in [0.05, 0.1) is 41.3 Å². The van der Waals surface area contributed by atoms with E-state index >= 15 is 0 Å². The number of hydrogen-bond donors (Lipinski definition) is 2. The number of amides is 2. The van der Waals surface area contributed by atoms with Crippen LogP contribution in [0.4, 0.5) is 11.4 Å². The van der Waals surface area contributed by atoms with Gasteiger partial charge in [-0.3, -0.25) is 14.6 Å². The maximum atomic E-state index is 12.8. The van der Waals surface area contributed by atoms with Crippen LogP contribution in [-0.4, -0.2) is 28.9 Å². The van der Waals surface area contributed by atoms with Gasteiger partial charge in [0.15, 0.2) is 0 Å². The number of rotatable bonds is 6. The minimum absolute atomic E-state index is 0.336. The van der Waals surface area contributed by atoms with Gasteiger partial charge in [0, 0.05) is 17.8 Å². The summed E-state index contributed by atoms with van der Waals surface area (Å²) in [5.41, 5.74) is 3.41. The molecule has 1 aromatic heterocycles. The molecule has 4 rings (SSSR count). The van der Waals surface area contributed by atoms with Gasteiger partial charge in [0.1, 0.15) is 5.75 Å². The second-order valence-electron chi connectivity index (χ2n) is 6.84. The number of carbonyl (C=O) groups is 2. The highest BCUT2D eigenvalue weighted by atomic mass is 16.5. The van der Waals surface area contributed by atoms with E-state index in [0.717, 1.165) is 11.0 Å². The quantitative estimate of drug-likeness (QED) is 0.443. The molecule has 7 heteroatoms. The Labute approximate surface area is 184 Å². The lowest BCUT2D eigenvalue weighted by atomic mass is 10.1. The third-order valence-electron chi connectivity index (χ3n) is 4.63. The number of methoxy groups -OCH3 is 1. The smallest absolute Gasteiger partial charge is 0.257 e. The second-order valence-corrected chi connectivity index (χ2v) is 6.84. The first-order chi connectivity index (χ1) is 15.6. The molecule has 0 bridgehead atoms. The van der Waals surface area contributed by atoms with E-state index in [2.05, 4.69) is 20.6 Å². The summed E-state index contributed by atoms with van der Waals surface area (Å²) in [6.07, 6.45) is 4.53. The normalized spacial score (nSPS) is 10.8. The summed E-state index contributed by atoms with van der Waals surface area (Å²) in [5, 5.41) is 5.56. The van der Waals surface area contributed by atoms with Crippen LogP contribution in [0.5, 0.6) is 5.75 Å². The van der Waals surface area contributed by atoms with Crippen molar-refractivity contribution < 1.29 is 14.3 Å². The summed E-state index contributed by atoms with van der Waals surface area (Å²) in [6.45, 7) is 0. The fourth-order valence-electron chi connectivity index (χ4n) is 3.08. The van der Waals surface area contributed by atoms with Gasteiger partial charge in [-0.15, -0.1) is 0 Å². The highest BCUT2D eigenvalue weighted by Gasteiger charge is 2.13. The highest BCUT2D eigenvalue weighted by Crippen LogP contribution is 2.20. The molecular weight excluding hydrogens is 404 g/mol. The van der Waals surface area contributed by atoms with Gasteiger partial charge in [0.2, 0.25) is 5.91 Å². The van der Waals surface area contributed by atoms with Crippen molar-refractivity contribution in [3.63, 3.8) is 0 Å². The maximum Gasteiger partial charge on any atom is 0.257 e. The molecule has 0 aliphatic carbocycles. The van der Waals surface area contributed by atoms with Gasteiger partial charge >= 0.3 is 0 Å². The van der Waals surface area contributed by atoms with Crippen molar-refractivity contribution in [2.45, 2.75) is 0 Å². The molecule has 0 saturated heterocycles. The van der Waals surface area contributed by atoms with E-state index in [1.54, 1.807) is 67.9 Å². The molecule has 3 aromatic carbocycles. The van der Waals surface area contributed by atoms with E-state index in [-0.39, 0.29) is 11.8 Å². The Kier molecular flexibility index (Phi) is 6.17. The van der Waals surface area contributed by atoms with Crippen LogP contribution in [0.1, 0.15) is 16.1 Å². The Morgan fingerprint density at radius 1 is 0.906 bits per heavy atom. The summed E-state index contributed by atoms with van der Waals surface area (Å²) in [6, 6.07) is 21.3. The van der Waals surface area contributed by atoms with Crippen LogP contribution in [0.3, 0.4) is 0 Å². The van der Waals surface area contributed by atoms with Crippen LogP contribution >= 0.6 is 0 Å². The Morgan fingerprint density at radius 2 is 1.69 bits per heavy atom. The van der Waals surface area contributed by atoms with Crippen molar-refractivity contribution in [1.82, 2.24) is 9.97 Å². The van der Waals surface area contributed by atoms with E-state index in [4.69, 9.17) is 4.74 Å². The predicted octanol–water partition coefficient (Wildman–Crippen LogP) is 4.54. The van der Waals surface area contributed by atoms with Gasteiger partial charge in [-0.1, -0.05) is 30.3 Å². The van der Waals surface area contributed by atoms with Crippen molar-refractivity contribution in [2.24, 2.45) is 0 Å². The molecule has 32 heavy (non-hydrogen) atoms. The van der Waals surface area contributed by atoms with E-state index in [1.807, 2.05) is 24.3 Å². The number of aromatic nitrogens is 2. The van der Waals surface area contributed by atoms with Crippen LogP contribution in [0.15, 0.2) is 85.1 Å². The molecule has 1 heterocycles. The fraction of sp³-hybridized carbons (Fsp3) is 0.0400. The van der Waals surface area contributed by atoms with Crippen molar-refractivity contribution in [3.05, 3.63) is 96.3 Å². The number of anilines is 2. The lowest BCUT2D eigenvalue weighted by Crippen LogP contribution is -2.17. The number of nitrogens with one attached hydrogen (secondary N) is 2. The SMILES string of the molecule is COc1cccc(NC(=O)c2ccccc2NC(=O)/C=C/c2cnc3ccccc3n2)c1. The van der Waals surface area contributed by atoms with Crippen LogP contribution in [0.2, 0.25) is 0 Å². The first-order valence-electron chi connectivity index (χ1n) is 9.88. The zero-order valence-corrected chi connectivity index (χ0v) is 17.3. The monoisotopic (exact) mass is 424 g/mol. The minimum atomic E-state index is -0.387. The van der Waals surface area contributed by atoms with Crippen LogP contribution in [0.25, 0.3) is 17.1 Å². The number of hydrogen-bond acceptors (Lipinski definition) is 5. The van der Waals surface area contributed by atoms with E-state index in [0.29, 0.717) is 28.4 Å². The summed E-state index contributed by atoms with van der Waals surface area (Å²) >= 11 is 0. The summed E-state index contributed by atoms with van der Waals surface area (Å²) in [7, 11) is 1.56. The van der Waals surface area contributed by atoms with Crippen LogP contribution in [-0.2, 0) is 4.79 Å². The van der Waals surface area contributed by atoms with Crippen molar-refractivity contribution in [2.75, 3.05) is 17.7 Å². The lowest BCUT2D eigenvalue weighted by molar-refractivity contribution is -0.111. The summed E-state index contributed by atoms with van der Waals surface area (Å²) in [5.74, 6) is -0.105. The first kappa shape index (κ1) is 20.7. The van der Waals surface area contributed by atoms with E-state index in [1.165, 1.54) is 6.08 Å². The molecule has 4 aromatic rings. The molecule has 0 spiro atoms. The number of benzene rings is 3. The zero-order valence-electron chi connectivity index (χ0n) is 17.3. The number of fused-ring (bicyclic) bond motifs is 1. The molecule has 0 saturated carbocycles. The number of nitrogens with zero attached hydrogens (tertiary/aromatic N) is 2. The van der Waals surface area contributed by atoms with Gasteiger partial charge < -0.3 is 15.4 Å². The average Bonchev–Trinajstić information content (AvgIpc) is 2.83. The molecule has 158 valence electrons. The van der Waals surface area contributed by atoms with Crippen molar-refractivity contribution >= 4 is 40.3 Å². The summed E-state index contributed by atoms with van der Waals surface area (Å²) < 4.78 is 5.18. The minimum Gasteiger partial charge on any atom is -0.497 e. The summed E-state index contributed by atoms with van der Waals surface area (Å²) in [4.78, 5) is 34.0. The molecule has 2 N–H and O–H groups in total. The largest absolute Gasteiger partial charge is 0.497 e. The average molecular weight is 424 g/mol. The molecule has 0 atom stereocenters. The molecule has 0 unspecified atom stereocenters. The topological polar surface area (TPSA) is 93.2 Å². The standard InChI is InChI=1S/C25H20N4O3/c1-32-19-8-6-7-17(15-19)28-25(31)20-9-2-3-10-21(20)29-24(30)14-13-18-16-26-22-11-4-5-12-23(22)27-18/h2-16H,1H3,(H,28,31)(H,29,30)/b14-13+. The molecule has 7 nitrogen and oxygen atoms in total. The van der Waals surface area contributed by atoms with Gasteiger partial charge in [-0.2, -0.15) is 0 Å². The van der Waals surface area contributed by atoms with Gasteiger partial charge in [-0.05, 0) is 42.5 Å². The van der Waals surface area contributed by atoms with Crippen molar-refractivity contribution in [3.8, 4) is 5.75 Å². The molecule has 0 aliphatic rings. The second kappa shape index (κ2) is 9.53. The first-order valence-corrected chi connectivity index (χ1v) is 9.88. The van der Waals surface area contributed by atoms with E-state index in [9.17, 15) is 9.59 Å². The van der Waals surface area contributed by atoms with Gasteiger partial charge in [-0.25, -0.2) is 4.98 Å². The molecule has 2 amide bonds. The fourth-order valence-corrected chi connectivity index (χ4v) is 3.08. The molecule has 0 aliphatic heterocycles. The van der Waals surface area contributed by atoms with Crippen LogP contribution in [0, 0.1) is 0 Å². The molecular formula is C25H20N4O3. The third-order valence-corrected chi connectivity index (χ3v) is 4.63. The highest BCUT2D eigenvalue weighted by molar-refractivity contribution is 6.11. The Balaban J connectivity index is 1.47. The third kappa shape index (κ3) is 4.96. The van der Waals surface area contributed by atoms with Gasteiger partial charge in [0.25, 0.3) is 5.91 Å². The Bertz CT molecular complexity index is 1320. The number of ether oxygens (including phenoxy) is 1. The molecule has 0 fully saturated rings. The Hall–Kier alpha value is -4.52. The molecule has 0 radical (unpaired) electrons. The van der Waals surface area contributed by atoms with Crippen molar-refractivity contribution in [1.29, 1.82) is 0 Å².